The zero-order chi connectivity index (χ0) is 14.6. The second-order valence-electron chi connectivity index (χ2n) is 6.13. The van der Waals surface area contributed by atoms with Crippen molar-refractivity contribution in [2.24, 2.45) is 11.3 Å². The Balaban J connectivity index is 0. The molecule has 0 fully saturated rings. The van der Waals surface area contributed by atoms with Crippen LogP contribution in [0.4, 0.5) is 0 Å². The third-order valence-corrected chi connectivity index (χ3v) is 1.96. The van der Waals surface area contributed by atoms with Gasteiger partial charge < -0.3 is 5.11 Å². The molecule has 1 N–H and O–H groups in total. The van der Waals surface area contributed by atoms with Gasteiger partial charge in [-0.05, 0) is 31.6 Å². The lowest BCUT2D eigenvalue weighted by molar-refractivity contribution is 0.318. The molecule has 1 rings (SSSR count). The molecule has 0 spiro atoms. The van der Waals surface area contributed by atoms with E-state index in [-0.39, 0.29) is 6.61 Å². The zero-order valence-electron chi connectivity index (χ0n) is 13.3. The quantitative estimate of drug-likeness (QED) is 0.739. The van der Waals surface area contributed by atoms with Crippen LogP contribution in [-0.2, 0) is 0 Å². The zero-order valence-corrected chi connectivity index (χ0v) is 13.3. The van der Waals surface area contributed by atoms with Crippen LogP contribution in [0.2, 0.25) is 0 Å². The summed E-state index contributed by atoms with van der Waals surface area (Å²) in [4.78, 5) is 0. The number of hydrogen-bond acceptors (Lipinski definition) is 1. The van der Waals surface area contributed by atoms with E-state index in [9.17, 15) is 0 Å². The number of aliphatic hydroxyl groups excluding tert-OH is 1. The molecule has 0 saturated heterocycles. The summed E-state index contributed by atoms with van der Waals surface area (Å²) in [6.45, 7) is 15.4. The van der Waals surface area contributed by atoms with Crippen molar-refractivity contribution in [3.8, 4) is 0 Å². The predicted octanol–water partition coefficient (Wildman–Crippen LogP) is 5.07. The summed E-state index contributed by atoms with van der Waals surface area (Å²) in [6, 6.07) is 10.3. The van der Waals surface area contributed by atoms with Crippen LogP contribution in [0.3, 0.4) is 0 Å². The summed E-state index contributed by atoms with van der Waals surface area (Å²) < 4.78 is 0. The molecule has 0 heterocycles. The van der Waals surface area contributed by atoms with Crippen molar-refractivity contribution in [3.05, 3.63) is 35.9 Å². The monoisotopic (exact) mass is 252 g/mol. The Labute approximate surface area is 114 Å². The Kier molecular flexibility index (Phi) is 12.2. The Morgan fingerprint density at radius 1 is 1.06 bits per heavy atom. The van der Waals surface area contributed by atoms with Gasteiger partial charge in [-0.1, -0.05) is 70.5 Å². The average molecular weight is 252 g/mol. The fourth-order valence-electron chi connectivity index (χ4n) is 1.76. The van der Waals surface area contributed by atoms with Gasteiger partial charge in [-0.2, -0.15) is 0 Å². The van der Waals surface area contributed by atoms with E-state index in [4.69, 9.17) is 5.11 Å². The first-order valence-electron chi connectivity index (χ1n) is 6.85. The van der Waals surface area contributed by atoms with Crippen LogP contribution < -0.4 is 0 Å². The highest BCUT2D eigenvalue weighted by Crippen LogP contribution is 2.23. The maximum Gasteiger partial charge on any atom is 0.0402 e. The number of aryl methyl sites for hydroxylation is 1. The van der Waals surface area contributed by atoms with Gasteiger partial charge in [0, 0.05) is 6.61 Å². The van der Waals surface area contributed by atoms with E-state index in [2.05, 4.69) is 53.7 Å². The van der Waals surface area contributed by atoms with Gasteiger partial charge >= 0.3 is 0 Å². The highest BCUT2D eigenvalue weighted by Gasteiger charge is 2.11. The molecule has 1 aromatic carbocycles. The standard InChI is InChI=1S/C8H18.C7H8.C2H6O/c1-7(2)6-8(3,4)5;1-7-5-3-2-4-6-7;1-2-3/h7H,6H2,1-5H3;2-6H,1H3;3H,2H2,1H3. The van der Waals surface area contributed by atoms with Crippen LogP contribution in [0.5, 0.6) is 0 Å². The van der Waals surface area contributed by atoms with E-state index in [0.717, 1.165) is 5.92 Å². The lowest BCUT2D eigenvalue weighted by atomic mass is 9.86. The summed E-state index contributed by atoms with van der Waals surface area (Å²) >= 11 is 0. The molecule has 1 aromatic rings. The molecular formula is C17H32O. The molecule has 1 heteroatoms. The smallest absolute Gasteiger partial charge is 0.0402 e. The summed E-state index contributed by atoms with van der Waals surface area (Å²) in [6.07, 6.45) is 1.33. The minimum absolute atomic E-state index is 0.250. The molecule has 0 unspecified atom stereocenters. The van der Waals surface area contributed by atoms with Gasteiger partial charge in [-0.15, -0.1) is 0 Å². The minimum atomic E-state index is 0.250. The molecule has 0 aromatic heterocycles. The fraction of sp³-hybridized carbons (Fsp3) is 0.647. The number of aliphatic hydroxyl groups is 1. The highest BCUT2D eigenvalue weighted by molar-refractivity contribution is 5.11. The summed E-state index contributed by atoms with van der Waals surface area (Å²) in [5.74, 6) is 0.843. The van der Waals surface area contributed by atoms with Gasteiger partial charge in [0.05, 0.1) is 0 Å². The maximum absolute atomic E-state index is 7.57. The van der Waals surface area contributed by atoms with E-state index in [1.54, 1.807) is 6.92 Å². The lowest BCUT2D eigenvalue weighted by Crippen LogP contribution is -2.08. The van der Waals surface area contributed by atoms with Crippen LogP contribution >= 0.6 is 0 Å². The second kappa shape index (κ2) is 11.3. The Hall–Kier alpha value is -0.820. The van der Waals surface area contributed by atoms with Crippen LogP contribution in [0, 0.1) is 18.3 Å². The van der Waals surface area contributed by atoms with E-state index in [1.165, 1.54) is 12.0 Å². The lowest BCUT2D eigenvalue weighted by Gasteiger charge is -2.19. The number of hydrogen-bond donors (Lipinski definition) is 1. The third kappa shape index (κ3) is 20.6. The number of rotatable bonds is 1. The van der Waals surface area contributed by atoms with Gasteiger partial charge in [0.2, 0.25) is 0 Å². The Bertz CT molecular complexity index is 257. The first-order chi connectivity index (χ1) is 8.22. The minimum Gasteiger partial charge on any atom is -0.397 e. The molecule has 1 nitrogen and oxygen atoms in total. The molecule has 106 valence electrons. The van der Waals surface area contributed by atoms with Crippen molar-refractivity contribution in [1.82, 2.24) is 0 Å². The van der Waals surface area contributed by atoms with Gasteiger partial charge in [0.1, 0.15) is 0 Å². The highest BCUT2D eigenvalue weighted by atomic mass is 16.2. The van der Waals surface area contributed by atoms with Crippen molar-refractivity contribution in [2.45, 2.75) is 54.9 Å². The largest absolute Gasteiger partial charge is 0.397 e. The second-order valence-corrected chi connectivity index (χ2v) is 6.13. The van der Waals surface area contributed by atoms with E-state index < -0.39 is 0 Å². The fourth-order valence-corrected chi connectivity index (χ4v) is 1.76. The molecule has 0 atom stereocenters. The summed E-state index contributed by atoms with van der Waals surface area (Å²) in [7, 11) is 0. The summed E-state index contributed by atoms with van der Waals surface area (Å²) in [5.41, 5.74) is 1.84. The van der Waals surface area contributed by atoms with Crippen molar-refractivity contribution in [3.63, 3.8) is 0 Å². The Morgan fingerprint density at radius 2 is 1.44 bits per heavy atom. The van der Waals surface area contributed by atoms with Crippen LogP contribution in [0.1, 0.15) is 53.5 Å². The van der Waals surface area contributed by atoms with Crippen molar-refractivity contribution < 1.29 is 5.11 Å². The van der Waals surface area contributed by atoms with Crippen LogP contribution in [0.15, 0.2) is 30.3 Å². The molecule has 0 saturated carbocycles. The summed E-state index contributed by atoms with van der Waals surface area (Å²) in [5, 5.41) is 7.57. The third-order valence-electron chi connectivity index (χ3n) is 1.96. The average Bonchev–Trinajstić information content (AvgIpc) is 2.16. The maximum atomic E-state index is 7.57. The normalized spacial score (nSPS) is 10.1. The van der Waals surface area contributed by atoms with Gasteiger partial charge in [-0.3, -0.25) is 0 Å². The molecular weight excluding hydrogens is 220 g/mol. The van der Waals surface area contributed by atoms with E-state index >= 15 is 0 Å². The van der Waals surface area contributed by atoms with E-state index in [0.29, 0.717) is 5.41 Å². The molecule has 0 aliphatic heterocycles. The molecule has 0 aliphatic rings. The molecule has 0 radical (unpaired) electrons. The predicted molar refractivity (Wildman–Crippen MR) is 82.8 cm³/mol. The molecule has 18 heavy (non-hydrogen) atoms. The van der Waals surface area contributed by atoms with Gasteiger partial charge in [0.25, 0.3) is 0 Å². The van der Waals surface area contributed by atoms with Crippen molar-refractivity contribution in [1.29, 1.82) is 0 Å². The SMILES string of the molecule is CC(C)CC(C)(C)C.CCO.Cc1ccccc1. The van der Waals surface area contributed by atoms with Crippen molar-refractivity contribution >= 4 is 0 Å². The van der Waals surface area contributed by atoms with Gasteiger partial charge in [-0.25, -0.2) is 0 Å². The Morgan fingerprint density at radius 3 is 1.56 bits per heavy atom. The van der Waals surface area contributed by atoms with Gasteiger partial charge in [0.15, 0.2) is 0 Å². The first-order valence-corrected chi connectivity index (χ1v) is 6.85. The molecule has 0 aliphatic carbocycles. The topological polar surface area (TPSA) is 20.2 Å². The van der Waals surface area contributed by atoms with Crippen molar-refractivity contribution in [2.75, 3.05) is 6.61 Å². The van der Waals surface area contributed by atoms with Crippen LogP contribution in [0.25, 0.3) is 0 Å². The molecule has 0 amide bonds. The van der Waals surface area contributed by atoms with E-state index in [1.807, 2.05) is 18.2 Å². The number of benzene rings is 1. The first kappa shape index (κ1) is 19.5. The molecule has 0 bridgehead atoms. The van der Waals surface area contributed by atoms with Crippen LogP contribution in [-0.4, -0.2) is 11.7 Å².